The van der Waals surface area contributed by atoms with Crippen LogP contribution < -0.4 is 5.32 Å². The van der Waals surface area contributed by atoms with Crippen LogP contribution in [0, 0.1) is 11.3 Å². The van der Waals surface area contributed by atoms with Crippen LogP contribution in [0.2, 0.25) is 0 Å². The molecule has 1 aromatic rings. The number of hydroxylamine groups is 2. The molecule has 10 nitrogen and oxygen atoms in total. The van der Waals surface area contributed by atoms with Crippen molar-refractivity contribution in [1.29, 1.82) is 0 Å². The van der Waals surface area contributed by atoms with Crippen molar-refractivity contribution in [2.45, 2.75) is 53.0 Å². The Labute approximate surface area is 194 Å². The van der Waals surface area contributed by atoms with Crippen LogP contribution in [0.5, 0.6) is 0 Å². The second kappa shape index (κ2) is 11.8. The number of nitrogens with one attached hydrogen (secondary N) is 1. The Bertz CT molecular complexity index is 796. The highest BCUT2D eigenvalue weighted by atomic mass is 16.5. The normalized spacial score (nSPS) is 16.2. The van der Waals surface area contributed by atoms with Gasteiger partial charge in [-0.15, -0.1) is 0 Å². The number of unbranched alkanes of at least 4 members (excludes halogenated alkanes) is 1. The average molecular weight is 465 g/mol. The van der Waals surface area contributed by atoms with Gasteiger partial charge in [-0.25, -0.2) is 5.06 Å². The monoisotopic (exact) mass is 464 g/mol. The summed E-state index contributed by atoms with van der Waals surface area (Å²) >= 11 is 0. The van der Waals surface area contributed by atoms with Crippen LogP contribution in [0.3, 0.4) is 0 Å². The number of amides is 4. The zero-order valence-electron chi connectivity index (χ0n) is 20.0. The summed E-state index contributed by atoms with van der Waals surface area (Å²) in [7, 11) is 0. The van der Waals surface area contributed by atoms with E-state index in [-0.39, 0.29) is 30.7 Å². The third-order valence-corrected chi connectivity index (χ3v) is 5.85. The first-order chi connectivity index (χ1) is 15.6. The van der Waals surface area contributed by atoms with E-state index in [2.05, 4.69) is 5.32 Å². The van der Waals surface area contributed by atoms with Crippen LogP contribution >= 0.6 is 0 Å². The van der Waals surface area contributed by atoms with Crippen molar-refractivity contribution in [2.75, 3.05) is 32.7 Å². The van der Waals surface area contributed by atoms with Crippen molar-refractivity contribution in [3.05, 3.63) is 24.2 Å². The van der Waals surface area contributed by atoms with Gasteiger partial charge in [-0.1, -0.05) is 40.5 Å². The molecule has 1 aromatic heterocycles. The Balaban J connectivity index is 2.05. The molecule has 4 amide bonds. The highest BCUT2D eigenvalue weighted by Gasteiger charge is 2.38. The topological polar surface area (TPSA) is 123 Å². The van der Waals surface area contributed by atoms with Gasteiger partial charge >= 0.3 is 0 Å². The Morgan fingerprint density at radius 1 is 1.21 bits per heavy atom. The van der Waals surface area contributed by atoms with E-state index in [0.29, 0.717) is 43.2 Å². The van der Waals surface area contributed by atoms with Crippen LogP contribution in [0.4, 0.5) is 0 Å². The van der Waals surface area contributed by atoms with Crippen LogP contribution in [0.15, 0.2) is 23.0 Å². The number of piperazine rings is 1. The summed E-state index contributed by atoms with van der Waals surface area (Å²) in [5.74, 6) is -1.34. The zero-order chi connectivity index (χ0) is 24.6. The van der Waals surface area contributed by atoms with E-state index in [1.807, 2.05) is 27.7 Å². The fourth-order valence-electron chi connectivity index (χ4n) is 3.81. The lowest BCUT2D eigenvalue weighted by Gasteiger charge is -2.39. The van der Waals surface area contributed by atoms with Gasteiger partial charge in [0.2, 0.25) is 18.2 Å². The Morgan fingerprint density at radius 2 is 1.85 bits per heavy atom. The average Bonchev–Trinajstić information content (AvgIpc) is 3.33. The Kier molecular flexibility index (Phi) is 9.45. The zero-order valence-corrected chi connectivity index (χ0v) is 20.0. The highest BCUT2D eigenvalue weighted by Crippen LogP contribution is 2.23. The summed E-state index contributed by atoms with van der Waals surface area (Å²) in [6.07, 6.45) is 5.22. The number of furan rings is 1. The maximum atomic E-state index is 13.4. The minimum Gasteiger partial charge on any atom is -0.472 e. The standard InChI is InChI=1S/C23H36N4O6/c1-5-6-7-17(14-27(32)16-28)20(29)24-19(23(2,3)4)22(31)26-11-9-25(10-12-26)21(30)18-8-13-33-15-18/h8,13,15-17,19,32H,5-7,9-12,14H2,1-4H3,(H,24,29)/t17-,19-/m1/s1. The van der Waals surface area contributed by atoms with Crippen LogP contribution in [-0.2, 0) is 14.4 Å². The fourth-order valence-corrected chi connectivity index (χ4v) is 3.81. The molecule has 10 heteroatoms. The first kappa shape index (κ1) is 26.4. The number of carbonyl (C=O) groups is 4. The second-order valence-electron chi connectivity index (χ2n) is 9.50. The fraction of sp³-hybridized carbons (Fsp3) is 0.652. The molecule has 0 aliphatic carbocycles. The molecule has 1 aliphatic heterocycles. The molecule has 0 unspecified atom stereocenters. The molecule has 1 aliphatic rings. The molecule has 2 heterocycles. The molecule has 2 atom stereocenters. The van der Waals surface area contributed by atoms with Crippen molar-refractivity contribution in [2.24, 2.45) is 11.3 Å². The number of carbonyl (C=O) groups excluding carboxylic acids is 4. The molecule has 0 bridgehead atoms. The highest BCUT2D eigenvalue weighted by molar-refractivity contribution is 5.94. The second-order valence-corrected chi connectivity index (χ2v) is 9.50. The summed E-state index contributed by atoms with van der Waals surface area (Å²) in [5.41, 5.74) is -0.0870. The molecule has 2 rings (SSSR count). The molecule has 33 heavy (non-hydrogen) atoms. The van der Waals surface area contributed by atoms with Gasteiger partial charge in [0.25, 0.3) is 5.91 Å². The van der Waals surface area contributed by atoms with Crippen molar-refractivity contribution in [3.8, 4) is 0 Å². The van der Waals surface area contributed by atoms with Crippen molar-refractivity contribution in [3.63, 3.8) is 0 Å². The van der Waals surface area contributed by atoms with Crippen molar-refractivity contribution in [1.82, 2.24) is 20.2 Å². The maximum Gasteiger partial charge on any atom is 0.257 e. The van der Waals surface area contributed by atoms with E-state index >= 15 is 0 Å². The van der Waals surface area contributed by atoms with Crippen LogP contribution in [-0.4, -0.2) is 83.0 Å². The minimum atomic E-state index is -0.784. The van der Waals surface area contributed by atoms with Gasteiger partial charge in [0.15, 0.2) is 0 Å². The molecule has 2 N–H and O–H groups in total. The van der Waals surface area contributed by atoms with Gasteiger partial charge in [-0.3, -0.25) is 24.4 Å². The van der Waals surface area contributed by atoms with Crippen molar-refractivity contribution < 1.29 is 28.8 Å². The largest absolute Gasteiger partial charge is 0.472 e. The molecule has 0 saturated carbocycles. The molecule has 1 fully saturated rings. The SMILES string of the molecule is CCCC[C@H](CN(O)C=O)C(=O)N[C@H](C(=O)N1CCN(C(=O)c2ccoc2)CC1)C(C)(C)C. The number of hydrogen-bond acceptors (Lipinski definition) is 6. The predicted molar refractivity (Wildman–Crippen MR) is 120 cm³/mol. The maximum absolute atomic E-state index is 13.4. The van der Waals surface area contributed by atoms with Gasteiger partial charge in [-0.05, 0) is 17.9 Å². The Morgan fingerprint density at radius 3 is 2.36 bits per heavy atom. The van der Waals surface area contributed by atoms with E-state index in [1.54, 1.807) is 15.9 Å². The predicted octanol–water partition coefficient (Wildman–Crippen LogP) is 1.75. The van der Waals surface area contributed by atoms with E-state index in [9.17, 15) is 24.4 Å². The number of rotatable bonds is 10. The van der Waals surface area contributed by atoms with Gasteiger partial charge in [0, 0.05) is 26.2 Å². The smallest absolute Gasteiger partial charge is 0.257 e. The van der Waals surface area contributed by atoms with Crippen LogP contribution in [0.25, 0.3) is 0 Å². The summed E-state index contributed by atoms with van der Waals surface area (Å²) in [5, 5.41) is 12.9. The van der Waals surface area contributed by atoms with E-state index in [1.165, 1.54) is 12.5 Å². The van der Waals surface area contributed by atoms with E-state index in [4.69, 9.17) is 4.42 Å². The van der Waals surface area contributed by atoms with E-state index < -0.39 is 17.4 Å². The van der Waals surface area contributed by atoms with Crippen LogP contribution in [0.1, 0.15) is 57.3 Å². The van der Waals surface area contributed by atoms with Gasteiger partial charge in [-0.2, -0.15) is 0 Å². The molecule has 0 aromatic carbocycles. The first-order valence-electron chi connectivity index (χ1n) is 11.4. The quantitative estimate of drug-likeness (QED) is 0.309. The third-order valence-electron chi connectivity index (χ3n) is 5.85. The van der Waals surface area contributed by atoms with Gasteiger partial charge < -0.3 is 19.5 Å². The number of nitrogens with zero attached hydrogens (tertiary/aromatic N) is 3. The summed E-state index contributed by atoms with van der Waals surface area (Å²) in [4.78, 5) is 53.1. The lowest BCUT2D eigenvalue weighted by atomic mass is 9.85. The molecule has 1 saturated heterocycles. The number of hydrogen-bond donors (Lipinski definition) is 2. The first-order valence-corrected chi connectivity index (χ1v) is 11.4. The summed E-state index contributed by atoms with van der Waals surface area (Å²) < 4.78 is 4.98. The van der Waals surface area contributed by atoms with Gasteiger partial charge in [0.1, 0.15) is 12.3 Å². The molecule has 0 radical (unpaired) electrons. The van der Waals surface area contributed by atoms with Crippen molar-refractivity contribution >= 4 is 24.1 Å². The third kappa shape index (κ3) is 7.31. The lowest BCUT2D eigenvalue weighted by molar-refractivity contribution is -0.155. The van der Waals surface area contributed by atoms with E-state index in [0.717, 1.165) is 12.8 Å². The molecule has 184 valence electrons. The molecular formula is C23H36N4O6. The Hall–Kier alpha value is -2.88. The van der Waals surface area contributed by atoms with Gasteiger partial charge in [0.05, 0.1) is 24.3 Å². The molecular weight excluding hydrogens is 428 g/mol. The lowest BCUT2D eigenvalue weighted by Crippen LogP contribution is -2.60. The summed E-state index contributed by atoms with van der Waals surface area (Å²) in [6, 6.07) is 0.826. The summed E-state index contributed by atoms with van der Waals surface area (Å²) in [6.45, 7) is 8.98. The molecule has 0 spiro atoms. The minimum absolute atomic E-state index is 0.130.